The molecule has 4 rings (SSSR count). The Morgan fingerprint density at radius 3 is 2.41 bits per heavy atom. The number of nitrogens with zero attached hydrogens (tertiary/aromatic N) is 1. The van der Waals surface area contributed by atoms with Crippen molar-refractivity contribution >= 4 is 11.7 Å². The third kappa shape index (κ3) is 2.78. The summed E-state index contributed by atoms with van der Waals surface area (Å²) in [5.74, 6) is -0.445. The third-order valence-electron chi connectivity index (χ3n) is 5.91. The molecule has 1 saturated carbocycles. The number of pyridine rings is 1. The summed E-state index contributed by atoms with van der Waals surface area (Å²) in [5, 5.41) is 22.8. The van der Waals surface area contributed by atoms with Crippen LogP contribution in [0.2, 0.25) is 0 Å². The van der Waals surface area contributed by atoms with E-state index in [-0.39, 0.29) is 0 Å². The van der Waals surface area contributed by atoms with Crippen LogP contribution >= 0.6 is 0 Å². The van der Waals surface area contributed by atoms with E-state index >= 15 is 0 Å². The first-order valence-electron chi connectivity index (χ1n) is 9.20. The average molecular weight is 369 g/mol. The topological polar surface area (TPSA) is 106 Å². The van der Waals surface area contributed by atoms with Gasteiger partial charge in [-0.15, -0.1) is 0 Å². The lowest BCUT2D eigenvalue weighted by molar-refractivity contribution is 0.0691. The highest BCUT2D eigenvalue weighted by Crippen LogP contribution is 2.46. The molecule has 27 heavy (non-hydrogen) atoms. The number of hydrogen-bond acceptors (Lipinski definition) is 5. The van der Waals surface area contributed by atoms with Crippen LogP contribution in [0.4, 0.5) is 5.69 Å². The quantitative estimate of drug-likeness (QED) is 0.639. The molecule has 1 aromatic carbocycles. The van der Waals surface area contributed by atoms with Crippen LogP contribution < -0.4 is 15.8 Å². The van der Waals surface area contributed by atoms with E-state index in [1.54, 1.807) is 0 Å². The number of aromatic amines is 1. The fourth-order valence-corrected chi connectivity index (χ4v) is 4.42. The van der Waals surface area contributed by atoms with Gasteiger partial charge in [0.05, 0.1) is 5.69 Å². The second-order valence-corrected chi connectivity index (χ2v) is 7.28. The summed E-state index contributed by atoms with van der Waals surface area (Å²) in [5.41, 5.74) is 1.37. The molecule has 142 valence electrons. The molecule has 0 amide bonds. The highest BCUT2D eigenvalue weighted by atomic mass is 16.4. The van der Waals surface area contributed by atoms with Crippen molar-refractivity contribution < 1.29 is 15.0 Å². The van der Waals surface area contributed by atoms with Gasteiger partial charge in [-0.05, 0) is 43.0 Å². The molecule has 3 atom stereocenters. The minimum absolute atomic E-state index is 0.404. The minimum atomic E-state index is -1.43. The lowest BCUT2D eigenvalue weighted by Crippen LogP contribution is -2.29. The Balaban J connectivity index is 1.63. The predicted octanol–water partition coefficient (Wildman–Crippen LogP) is 1.66. The molecule has 1 aliphatic heterocycles. The van der Waals surface area contributed by atoms with Crippen LogP contribution in [0.5, 0.6) is 5.75 Å². The maximum absolute atomic E-state index is 12.1. The van der Waals surface area contributed by atoms with Crippen molar-refractivity contribution in [3.8, 4) is 17.0 Å². The van der Waals surface area contributed by atoms with E-state index in [2.05, 4.69) is 15.2 Å². The Morgan fingerprint density at radius 2 is 1.89 bits per heavy atom. The van der Waals surface area contributed by atoms with E-state index in [4.69, 9.17) is 5.11 Å². The van der Waals surface area contributed by atoms with Gasteiger partial charge in [0.15, 0.2) is 5.56 Å². The van der Waals surface area contributed by atoms with Crippen molar-refractivity contribution in [2.75, 3.05) is 25.0 Å². The number of hydrogen-bond donors (Lipinski definition) is 4. The van der Waals surface area contributed by atoms with Gasteiger partial charge >= 0.3 is 5.97 Å². The van der Waals surface area contributed by atoms with Crippen molar-refractivity contribution in [3.63, 3.8) is 0 Å². The number of aromatic nitrogens is 1. The van der Waals surface area contributed by atoms with E-state index in [9.17, 15) is 14.7 Å². The van der Waals surface area contributed by atoms with E-state index in [0.29, 0.717) is 23.7 Å². The summed E-state index contributed by atoms with van der Waals surface area (Å²) < 4.78 is 0. The predicted molar refractivity (Wildman–Crippen MR) is 103 cm³/mol. The molecule has 1 aromatic heterocycles. The van der Waals surface area contributed by atoms with Gasteiger partial charge in [-0.3, -0.25) is 4.79 Å². The number of carboxylic acid groups (broad SMARTS) is 1. The molecule has 2 heterocycles. The summed E-state index contributed by atoms with van der Waals surface area (Å²) in [4.78, 5) is 28.3. The number of benzene rings is 1. The monoisotopic (exact) mass is 369 g/mol. The maximum atomic E-state index is 12.1. The number of carboxylic acids is 1. The number of carbonyl (C=O) groups is 1. The summed E-state index contributed by atoms with van der Waals surface area (Å²) in [7, 11) is 2.01. The smallest absolute Gasteiger partial charge is 0.345 e. The molecule has 2 aliphatic rings. The first-order valence-corrected chi connectivity index (χ1v) is 9.20. The summed E-state index contributed by atoms with van der Waals surface area (Å²) in [6, 6.07) is 8.47. The Morgan fingerprint density at radius 1 is 1.26 bits per heavy atom. The van der Waals surface area contributed by atoms with Crippen molar-refractivity contribution in [1.29, 1.82) is 0 Å². The first kappa shape index (κ1) is 17.6. The number of aromatic carboxylic acids is 1. The molecule has 0 radical (unpaired) electrons. The maximum Gasteiger partial charge on any atom is 0.345 e. The van der Waals surface area contributed by atoms with Gasteiger partial charge in [-0.25, -0.2) is 4.79 Å². The van der Waals surface area contributed by atoms with Crippen LogP contribution in [-0.2, 0) is 6.42 Å². The lowest BCUT2D eigenvalue weighted by atomic mass is 10.0. The summed E-state index contributed by atoms with van der Waals surface area (Å²) in [6.45, 7) is 3.90. The number of piperidine rings is 1. The lowest BCUT2D eigenvalue weighted by Gasteiger charge is -2.22. The van der Waals surface area contributed by atoms with E-state index in [0.717, 1.165) is 36.2 Å². The zero-order valence-electron chi connectivity index (χ0n) is 15.3. The van der Waals surface area contributed by atoms with Crippen LogP contribution in [0.25, 0.3) is 11.3 Å². The molecule has 7 heteroatoms. The number of fused-ring (bicyclic) bond motifs is 1. The number of rotatable bonds is 5. The fourth-order valence-electron chi connectivity index (χ4n) is 4.42. The number of H-pyrrole nitrogens is 1. The van der Waals surface area contributed by atoms with Crippen molar-refractivity contribution in [3.05, 3.63) is 45.7 Å². The van der Waals surface area contributed by atoms with Gasteiger partial charge in [0, 0.05) is 30.4 Å². The number of anilines is 1. The summed E-state index contributed by atoms with van der Waals surface area (Å²) in [6.07, 6.45) is 0.404. The zero-order valence-corrected chi connectivity index (χ0v) is 15.3. The third-order valence-corrected chi connectivity index (χ3v) is 5.91. The molecule has 1 aliphatic carbocycles. The first-order chi connectivity index (χ1) is 13.0. The fraction of sp³-hybridized carbons (Fsp3) is 0.400. The number of aromatic hydroxyl groups is 1. The summed E-state index contributed by atoms with van der Waals surface area (Å²) >= 11 is 0. The molecular weight excluding hydrogens is 346 g/mol. The Hall–Kier alpha value is -2.80. The molecule has 1 saturated heterocycles. The highest BCUT2D eigenvalue weighted by Gasteiger charge is 2.54. The minimum Gasteiger partial charge on any atom is -0.506 e. The Kier molecular flexibility index (Phi) is 4.19. The standard InChI is InChI=1S/C20H23N3O4/c1-3-12-16(22-19(25)15(18(12)24)20(26)27)10-4-6-11(7-5-10)23-8-13-14(9-23)17(13)21-2/h4-7,13-14,17,21H,3,8-9H2,1-2H3,(H,26,27)(H2,22,24,25)/t13-,14+,17-. The van der Waals surface area contributed by atoms with Gasteiger partial charge in [-0.2, -0.15) is 0 Å². The van der Waals surface area contributed by atoms with E-state index in [1.165, 1.54) is 0 Å². The van der Waals surface area contributed by atoms with Crippen molar-refractivity contribution in [2.45, 2.75) is 19.4 Å². The van der Waals surface area contributed by atoms with E-state index in [1.807, 2.05) is 38.2 Å². The normalized spacial score (nSPS) is 23.3. The van der Waals surface area contributed by atoms with Crippen LogP contribution in [0, 0.1) is 11.8 Å². The van der Waals surface area contributed by atoms with Crippen LogP contribution in [0.15, 0.2) is 29.1 Å². The van der Waals surface area contributed by atoms with Crippen LogP contribution in [-0.4, -0.2) is 47.3 Å². The highest BCUT2D eigenvalue weighted by molar-refractivity contribution is 5.92. The van der Waals surface area contributed by atoms with Crippen LogP contribution in [0.1, 0.15) is 22.8 Å². The van der Waals surface area contributed by atoms with Gasteiger partial charge in [0.25, 0.3) is 5.56 Å². The van der Waals surface area contributed by atoms with Crippen molar-refractivity contribution in [2.24, 2.45) is 11.8 Å². The molecule has 7 nitrogen and oxygen atoms in total. The van der Waals surface area contributed by atoms with E-state index < -0.39 is 22.8 Å². The number of nitrogens with one attached hydrogen (secondary N) is 2. The van der Waals surface area contributed by atoms with Gasteiger partial charge < -0.3 is 25.4 Å². The SMILES string of the molecule is CCc1c(-c2ccc(N3C[C@@H]4[C@H](C3)[C@@H]4NC)cc2)[nH]c(=O)c(C(=O)O)c1O. The van der Waals surface area contributed by atoms with Crippen molar-refractivity contribution in [1.82, 2.24) is 10.3 Å². The molecule has 0 spiro atoms. The second-order valence-electron chi connectivity index (χ2n) is 7.28. The molecule has 2 fully saturated rings. The largest absolute Gasteiger partial charge is 0.506 e. The van der Waals surface area contributed by atoms with Gasteiger partial charge in [0.1, 0.15) is 5.75 Å². The second kappa shape index (κ2) is 6.42. The molecule has 0 bridgehead atoms. The Bertz CT molecular complexity index is 939. The molecule has 2 aromatic rings. The molecular formula is C20H23N3O4. The van der Waals surface area contributed by atoms with Gasteiger partial charge in [-0.1, -0.05) is 19.1 Å². The zero-order chi connectivity index (χ0) is 19.3. The van der Waals surface area contributed by atoms with Gasteiger partial charge in [0.2, 0.25) is 0 Å². The molecule has 0 unspecified atom stereocenters. The van der Waals surface area contributed by atoms with Crippen LogP contribution in [0.3, 0.4) is 0 Å². The average Bonchev–Trinajstić information content (AvgIpc) is 3.12. The Labute approximate surface area is 156 Å². The molecule has 4 N–H and O–H groups in total.